The van der Waals surface area contributed by atoms with Crippen molar-refractivity contribution in [3.8, 4) is 0 Å². The largest absolute Gasteiger partial charge is 0.453 e. The Bertz CT molecular complexity index is 531. The third-order valence-corrected chi connectivity index (χ3v) is 5.25. The molecular weight excluding hydrogens is 304 g/mol. The van der Waals surface area contributed by atoms with Gasteiger partial charge in [0.05, 0.1) is 18.8 Å². The Balaban J connectivity index is 1.57. The van der Waals surface area contributed by atoms with Crippen LogP contribution in [0.1, 0.15) is 61.4 Å². The van der Waals surface area contributed by atoms with Crippen molar-refractivity contribution < 1.29 is 19.0 Å². The number of esters is 1. The molecule has 0 spiro atoms. The Morgan fingerprint density at radius 3 is 2.42 bits per heavy atom. The monoisotopic (exact) mass is 332 g/mol. The summed E-state index contributed by atoms with van der Waals surface area (Å²) in [6.45, 7) is 5.76. The predicted octanol–water partition coefficient (Wildman–Crippen LogP) is 3.94. The van der Waals surface area contributed by atoms with E-state index in [1.54, 1.807) is 0 Å². The van der Waals surface area contributed by atoms with Gasteiger partial charge in [-0.2, -0.15) is 0 Å². The Kier molecular flexibility index (Phi) is 5.90. The number of carbonyl (C=O) groups excluding carboxylic acids is 1. The van der Waals surface area contributed by atoms with Gasteiger partial charge in [0.25, 0.3) is 0 Å². The van der Waals surface area contributed by atoms with E-state index in [0.717, 1.165) is 5.92 Å². The van der Waals surface area contributed by atoms with Crippen LogP contribution in [0.5, 0.6) is 0 Å². The molecule has 4 heteroatoms. The van der Waals surface area contributed by atoms with Crippen LogP contribution in [0.4, 0.5) is 0 Å². The molecule has 1 aliphatic carbocycles. The summed E-state index contributed by atoms with van der Waals surface area (Å²) < 4.78 is 16.5. The first-order chi connectivity index (χ1) is 11.7. The molecule has 0 radical (unpaired) electrons. The van der Waals surface area contributed by atoms with Gasteiger partial charge in [-0.1, -0.05) is 31.9 Å². The third kappa shape index (κ3) is 4.17. The predicted molar refractivity (Wildman–Crippen MR) is 92.3 cm³/mol. The Hall–Kier alpha value is -1.39. The molecule has 2 atom stereocenters. The number of benzene rings is 1. The Morgan fingerprint density at radius 2 is 1.75 bits per heavy atom. The maximum Gasteiger partial charge on any atom is 0.338 e. The van der Waals surface area contributed by atoms with Gasteiger partial charge < -0.3 is 14.2 Å². The zero-order chi connectivity index (χ0) is 16.9. The van der Waals surface area contributed by atoms with E-state index in [9.17, 15) is 4.79 Å². The fourth-order valence-electron chi connectivity index (χ4n) is 3.68. The molecule has 0 aromatic heterocycles. The lowest BCUT2D eigenvalue weighted by atomic mass is 9.79. The fourth-order valence-corrected chi connectivity index (χ4v) is 3.68. The summed E-state index contributed by atoms with van der Waals surface area (Å²) in [5, 5.41) is 0. The van der Waals surface area contributed by atoms with Crippen molar-refractivity contribution in [1.82, 2.24) is 0 Å². The quantitative estimate of drug-likeness (QED) is 0.766. The van der Waals surface area contributed by atoms with Gasteiger partial charge >= 0.3 is 5.97 Å². The van der Waals surface area contributed by atoms with Crippen molar-refractivity contribution in [3.63, 3.8) is 0 Å². The van der Waals surface area contributed by atoms with Crippen molar-refractivity contribution >= 4 is 5.97 Å². The van der Waals surface area contributed by atoms with Gasteiger partial charge in [0, 0.05) is 6.61 Å². The molecule has 0 N–H and O–H groups in total. The number of rotatable bonds is 5. The van der Waals surface area contributed by atoms with E-state index in [1.165, 1.54) is 31.2 Å². The van der Waals surface area contributed by atoms with E-state index in [2.05, 4.69) is 19.1 Å². The van der Waals surface area contributed by atoms with Crippen LogP contribution in [0.3, 0.4) is 0 Å². The lowest BCUT2D eigenvalue weighted by Gasteiger charge is -2.26. The average molecular weight is 332 g/mol. The molecule has 1 saturated carbocycles. The summed E-state index contributed by atoms with van der Waals surface area (Å²) in [5.74, 6) is 1.19. The topological polar surface area (TPSA) is 44.8 Å². The summed E-state index contributed by atoms with van der Waals surface area (Å²) in [4.78, 5) is 12.3. The number of ether oxygens (including phenoxy) is 3. The van der Waals surface area contributed by atoms with Gasteiger partial charge in [0.15, 0.2) is 6.10 Å². The van der Waals surface area contributed by atoms with Crippen LogP contribution in [0.2, 0.25) is 0 Å². The summed E-state index contributed by atoms with van der Waals surface area (Å²) in [5.41, 5.74) is 1.94. The Morgan fingerprint density at radius 1 is 1.08 bits per heavy atom. The fraction of sp³-hybridized carbons (Fsp3) is 0.650. The highest BCUT2D eigenvalue weighted by atomic mass is 16.6. The normalized spacial score (nSPS) is 30.2. The summed E-state index contributed by atoms with van der Waals surface area (Å²) in [6, 6.07) is 7.95. The van der Waals surface area contributed by atoms with Gasteiger partial charge in [-0.05, 0) is 49.3 Å². The van der Waals surface area contributed by atoms with Crippen LogP contribution in [0, 0.1) is 5.92 Å². The van der Waals surface area contributed by atoms with Gasteiger partial charge in [-0.15, -0.1) is 0 Å². The van der Waals surface area contributed by atoms with Gasteiger partial charge in [0.1, 0.15) is 6.10 Å². The summed E-state index contributed by atoms with van der Waals surface area (Å²) >= 11 is 0. The Labute approximate surface area is 144 Å². The highest BCUT2D eigenvalue weighted by Crippen LogP contribution is 2.35. The molecule has 24 heavy (non-hydrogen) atoms. The molecule has 0 amide bonds. The first-order valence-corrected chi connectivity index (χ1v) is 9.17. The molecule has 2 aliphatic rings. The van der Waals surface area contributed by atoms with E-state index in [1.807, 2.05) is 19.1 Å². The van der Waals surface area contributed by atoms with Gasteiger partial charge in [-0.3, -0.25) is 0 Å². The molecule has 1 heterocycles. The molecule has 1 aliphatic heterocycles. The number of carbonyl (C=O) groups is 1. The van der Waals surface area contributed by atoms with Crippen LogP contribution in [-0.2, 0) is 14.2 Å². The third-order valence-electron chi connectivity index (χ3n) is 5.25. The molecule has 1 unspecified atom stereocenters. The first-order valence-electron chi connectivity index (χ1n) is 9.17. The maximum absolute atomic E-state index is 12.3. The standard InChI is InChI=1S/C20H28O4/c1-3-23-18-12-22-13-19(18)24-20(21)17-10-8-16(9-11-17)15-6-4-14(2)5-7-15/h8-11,14-15,18-19H,3-7,12-13H2,1-2H3/t14?,15?,18-,19?/m0/s1. The van der Waals surface area contributed by atoms with Crippen LogP contribution in [0.25, 0.3) is 0 Å². The second-order valence-corrected chi connectivity index (χ2v) is 7.05. The minimum Gasteiger partial charge on any atom is -0.453 e. The van der Waals surface area contributed by atoms with Crippen molar-refractivity contribution in [1.29, 1.82) is 0 Å². The van der Waals surface area contributed by atoms with E-state index in [-0.39, 0.29) is 18.2 Å². The van der Waals surface area contributed by atoms with Crippen molar-refractivity contribution in [2.24, 2.45) is 5.92 Å². The highest BCUT2D eigenvalue weighted by molar-refractivity contribution is 5.89. The van der Waals surface area contributed by atoms with Crippen molar-refractivity contribution in [2.75, 3.05) is 19.8 Å². The minimum atomic E-state index is -0.308. The first kappa shape index (κ1) is 17.4. The van der Waals surface area contributed by atoms with Gasteiger partial charge in [-0.25, -0.2) is 4.79 Å². The van der Waals surface area contributed by atoms with E-state index < -0.39 is 0 Å². The maximum atomic E-state index is 12.3. The van der Waals surface area contributed by atoms with Crippen molar-refractivity contribution in [2.45, 2.75) is 57.7 Å². The molecular formula is C20H28O4. The van der Waals surface area contributed by atoms with Crippen LogP contribution < -0.4 is 0 Å². The highest BCUT2D eigenvalue weighted by Gasteiger charge is 2.32. The summed E-state index contributed by atoms with van der Waals surface area (Å²) in [7, 11) is 0. The molecule has 2 fully saturated rings. The number of hydrogen-bond acceptors (Lipinski definition) is 4. The smallest absolute Gasteiger partial charge is 0.338 e. The second kappa shape index (κ2) is 8.13. The molecule has 4 nitrogen and oxygen atoms in total. The lowest BCUT2D eigenvalue weighted by molar-refractivity contribution is -0.0261. The van der Waals surface area contributed by atoms with Crippen LogP contribution >= 0.6 is 0 Å². The molecule has 1 aromatic carbocycles. The second-order valence-electron chi connectivity index (χ2n) is 7.05. The lowest BCUT2D eigenvalue weighted by Crippen LogP contribution is -2.32. The zero-order valence-electron chi connectivity index (χ0n) is 14.7. The van der Waals surface area contributed by atoms with E-state index >= 15 is 0 Å². The van der Waals surface area contributed by atoms with E-state index in [0.29, 0.717) is 31.3 Å². The molecule has 1 aromatic rings. The minimum absolute atomic E-state index is 0.151. The van der Waals surface area contributed by atoms with Crippen LogP contribution in [-0.4, -0.2) is 38.0 Å². The van der Waals surface area contributed by atoms with E-state index in [4.69, 9.17) is 14.2 Å². The van der Waals surface area contributed by atoms with Crippen LogP contribution in [0.15, 0.2) is 24.3 Å². The molecule has 132 valence electrons. The average Bonchev–Trinajstić information content (AvgIpc) is 3.03. The van der Waals surface area contributed by atoms with Gasteiger partial charge in [0.2, 0.25) is 0 Å². The summed E-state index contributed by atoms with van der Waals surface area (Å²) in [6.07, 6.45) is 4.64. The molecule has 1 saturated heterocycles. The number of hydrogen-bond donors (Lipinski definition) is 0. The molecule has 3 rings (SSSR count). The zero-order valence-corrected chi connectivity index (χ0v) is 14.7. The SMILES string of the molecule is CCO[C@H]1COCC1OC(=O)c1ccc(C2CCC(C)CC2)cc1. The molecule has 0 bridgehead atoms. The van der Waals surface area contributed by atoms with Crippen molar-refractivity contribution in [3.05, 3.63) is 35.4 Å².